The van der Waals surface area contributed by atoms with Gasteiger partial charge in [-0.1, -0.05) is 19.9 Å². The molecule has 0 spiro atoms. The number of carbonyl (C=O) groups is 2. The molecule has 0 unspecified atom stereocenters. The minimum Gasteiger partial charge on any atom is -0.493 e. The van der Waals surface area contributed by atoms with Crippen LogP contribution in [0.25, 0.3) is 0 Å². The Morgan fingerprint density at radius 2 is 1.50 bits per heavy atom. The molecule has 2 amide bonds. The van der Waals surface area contributed by atoms with Crippen LogP contribution in [0.2, 0.25) is 0 Å². The number of ether oxygens (including phenoxy) is 4. The van der Waals surface area contributed by atoms with Gasteiger partial charge in [-0.25, -0.2) is 0 Å². The van der Waals surface area contributed by atoms with Gasteiger partial charge in [0, 0.05) is 32.2 Å². The molecule has 0 aromatic heterocycles. The van der Waals surface area contributed by atoms with Crippen molar-refractivity contribution in [3.8, 4) is 23.0 Å². The van der Waals surface area contributed by atoms with Crippen LogP contribution in [0, 0.1) is 11.8 Å². The summed E-state index contributed by atoms with van der Waals surface area (Å²) < 4.78 is 22.0. The van der Waals surface area contributed by atoms with E-state index in [0.717, 1.165) is 31.6 Å². The number of nitrogens with zero attached hydrogens (tertiary/aromatic N) is 2. The van der Waals surface area contributed by atoms with Crippen LogP contribution in [0.5, 0.6) is 23.0 Å². The minimum absolute atomic E-state index is 0.145. The molecular weight excluding hydrogens is 510 g/mol. The van der Waals surface area contributed by atoms with Crippen molar-refractivity contribution in [1.29, 1.82) is 0 Å². The zero-order valence-electron chi connectivity index (χ0n) is 24.8. The molecule has 40 heavy (non-hydrogen) atoms. The van der Waals surface area contributed by atoms with Gasteiger partial charge in [0.05, 0.1) is 40.4 Å². The molecule has 9 heteroatoms. The molecule has 1 N–H and O–H groups in total. The topological polar surface area (TPSA) is 89.6 Å². The normalized spacial score (nSPS) is 22.9. The molecule has 2 aromatic rings. The molecule has 0 radical (unpaired) electrons. The van der Waals surface area contributed by atoms with Gasteiger partial charge in [-0.2, -0.15) is 0 Å². The molecule has 0 saturated carbocycles. The third-order valence-corrected chi connectivity index (χ3v) is 8.10. The first kappa shape index (κ1) is 29.5. The van der Waals surface area contributed by atoms with Crippen LogP contribution in [0.1, 0.15) is 60.1 Å². The molecule has 1 fully saturated rings. The number of piperidine rings is 1. The summed E-state index contributed by atoms with van der Waals surface area (Å²) in [5, 5.41) is 3.18. The fourth-order valence-electron chi connectivity index (χ4n) is 6.38. The van der Waals surface area contributed by atoms with Crippen molar-refractivity contribution in [2.24, 2.45) is 11.8 Å². The van der Waals surface area contributed by atoms with E-state index in [-0.39, 0.29) is 11.8 Å². The number of likely N-dealkylation sites (tertiary alicyclic amines) is 1. The van der Waals surface area contributed by atoms with Gasteiger partial charge in [0.1, 0.15) is 0 Å². The molecule has 2 aliphatic heterocycles. The van der Waals surface area contributed by atoms with Crippen molar-refractivity contribution in [3.05, 3.63) is 47.0 Å². The highest BCUT2D eigenvalue weighted by Crippen LogP contribution is 2.46. The van der Waals surface area contributed by atoms with E-state index >= 15 is 0 Å². The van der Waals surface area contributed by atoms with E-state index in [1.165, 1.54) is 13.5 Å². The van der Waals surface area contributed by atoms with Gasteiger partial charge in [-0.05, 0) is 66.6 Å². The smallest absolute Gasteiger partial charge is 0.254 e. The summed E-state index contributed by atoms with van der Waals surface area (Å²) in [6.07, 6.45) is 2.12. The van der Waals surface area contributed by atoms with E-state index in [1.54, 1.807) is 51.5 Å². The number of methoxy groups -OCH3 is 4. The first-order valence-electron chi connectivity index (χ1n) is 14.0. The zero-order chi connectivity index (χ0) is 29.0. The molecule has 4 rings (SSSR count). The number of carbonyl (C=O) groups excluding carboxylic acids is 2. The highest BCUT2D eigenvalue weighted by Gasteiger charge is 2.43. The van der Waals surface area contributed by atoms with E-state index in [4.69, 9.17) is 18.9 Å². The van der Waals surface area contributed by atoms with Crippen molar-refractivity contribution in [2.45, 2.75) is 38.6 Å². The van der Waals surface area contributed by atoms with Crippen LogP contribution < -0.4 is 24.3 Å². The van der Waals surface area contributed by atoms with Gasteiger partial charge < -0.3 is 34.1 Å². The minimum atomic E-state index is -0.675. The van der Waals surface area contributed by atoms with Crippen LogP contribution in [0.3, 0.4) is 0 Å². The Balaban J connectivity index is 1.65. The Morgan fingerprint density at radius 1 is 0.900 bits per heavy atom. The quantitative estimate of drug-likeness (QED) is 0.443. The predicted molar refractivity (Wildman–Crippen MR) is 154 cm³/mol. The van der Waals surface area contributed by atoms with Crippen molar-refractivity contribution in [3.63, 3.8) is 0 Å². The predicted octanol–water partition coefficient (Wildman–Crippen LogP) is 4.12. The SMILES string of the molecule is COc1ccc([C@@H]2[C@H](C(=O)NCCCN3C[C@H](C)C[C@@H](C)C3)c3cc(OC)c(OC)cc3C(=O)N2C)cc1OC. The Morgan fingerprint density at radius 3 is 2.12 bits per heavy atom. The maximum absolute atomic E-state index is 14.0. The number of fused-ring (bicyclic) bond motifs is 1. The molecule has 4 atom stereocenters. The van der Waals surface area contributed by atoms with Crippen LogP contribution in [-0.4, -0.2) is 83.3 Å². The van der Waals surface area contributed by atoms with Crippen molar-refractivity contribution in [1.82, 2.24) is 15.1 Å². The standard InChI is InChI=1S/C31H43N3O6/c1-19-13-20(2)18-34(17-19)12-8-11-32-30(35)28-22-15-26(39-6)27(40-7)16-23(22)31(36)33(3)29(28)21-9-10-24(37-4)25(14-21)38-5/h9-10,14-16,19-20,28-29H,8,11-13,17-18H2,1-7H3,(H,32,35)/t19-,20-,28-,29-/m1/s1. The number of hydrogen-bond donors (Lipinski definition) is 1. The van der Waals surface area contributed by atoms with Gasteiger partial charge in [0.25, 0.3) is 5.91 Å². The summed E-state index contributed by atoms with van der Waals surface area (Å²) in [5.74, 6) is 2.38. The second-order valence-electron chi connectivity index (χ2n) is 11.1. The second kappa shape index (κ2) is 12.8. The molecule has 0 aliphatic carbocycles. The lowest BCUT2D eigenvalue weighted by molar-refractivity contribution is -0.124. The lowest BCUT2D eigenvalue weighted by atomic mass is 9.79. The maximum atomic E-state index is 14.0. The fourth-order valence-corrected chi connectivity index (χ4v) is 6.38. The van der Waals surface area contributed by atoms with Gasteiger partial charge >= 0.3 is 0 Å². The number of hydrogen-bond acceptors (Lipinski definition) is 7. The Labute approximate surface area is 237 Å². The summed E-state index contributed by atoms with van der Waals surface area (Å²) in [6, 6.07) is 8.36. The Kier molecular flexibility index (Phi) is 9.45. The molecular formula is C31H43N3O6. The Bertz CT molecular complexity index is 1210. The molecule has 218 valence electrons. The molecule has 9 nitrogen and oxygen atoms in total. The van der Waals surface area contributed by atoms with Gasteiger partial charge in [0.15, 0.2) is 23.0 Å². The van der Waals surface area contributed by atoms with E-state index in [9.17, 15) is 9.59 Å². The number of rotatable bonds is 10. The van der Waals surface area contributed by atoms with Gasteiger partial charge in [-0.15, -0.1) is 0 Å². The number of benzene rings is 2. The summed E-state index contributed by atoms with van der Waals surface area (Å²) in [7, 11) is 7.94. The summed E-state index contributed by atoms with van der Waals surface area (Å²) >= 11 is 0. The number of amides is 2. The first-order chi connectivity index (χ1) is 19.2. The fraction of sp³-hybridized carbons (Fsp3) is 0.548. The first-order valence-corrected chi connectivity index (χ1v) is 14.0. The van der Waals surface area contributed by atoms with E-state index in [1.807, 2.05) is 12.1 Å². The molecule has 0 bridgehead atoms. The summed E-state index contributed by atoms with van der Waals surface area (Å²) in [6.45, 7) is 8.31. The summed E-state index contributed by atoms with van der Waals surface area (Å²) in [4.78, 5) is 31.7. The molecule has 2 aromatic carbocycles. The van der Waals surface area contributed by atoms with E-state index in [2.05, 4.69) is 24.1 Å². The lowest BCUT2D eigenvalue weighted by Crippen LogP contribution is -2.46. The average Bonchev–Trinajstić information content (AvgIpc) is 2.95. The Hall–Kier alpha value is -3.46. The highest BCUT2D eigenvalue weighted by molar-refractivity contribution is 6.02. The van der Waals surface area contributed by atoms with Crippen LogP contribution >= 0.6 is 0 Å². The number of likely N-dealkylation sites (N-methyl/N-ethyl adjacent to an activating group) is 1. The summed E-state index contributed by atoms with van der Waals surface area (Å²) in [5.41, 5.74) is 1.80. The van der Waals surface area contributed by atoms with E-state index in [0.29, 0.717) is 52.5 Å². The largest absolute Gasteiger partial charge is 0.493 e. The molecule has 2 heterocycles. The van der Waals surface area contributed by atoms with Crippen LogP contribution in [-0.2, 0) is 4.79 Å². The van der Waals surface area contributed by atoms with Crippen molar-refractivity contribution >= 4 is 11.8 Å². The monoisotopic (exact) mass is 553 g/mol. The van der Waals surface area contributed by atoms with E-state index < -0.39 is 12.0 Å². The second-order valence-corrected chi connectivity index (χ2v) is 11.1. The van der Waals surface area contributed by atoms with Gasteiger partial charge in [0.2, 0.25) is 5.91 Å². The molecule has 1 saturated heterocycles. The van der Waals surface area contributed by atoms with Gasteiger partial charge in [-0.3, -0.25) is 9.59 Å². The average molecular weight is 554 g/mol. The highest BCUT2D eigenvalue weighted by atomic mass is 16.5. The number of nitrogens with one attached hydrogen (secondary N) is 1. The third-order valence-electron chi connectivity index (χ3n) is 8.10. The molecule has 2 aliphatic rings. The zero-order valence-corrected chi connectivity index (χ0v) is 24.8. The maximum Gasteiger partial charge on any atom is 0.254 e. The van der Waals surface area contributed by atoms with Crippen LogP contribution in [0.4, 0.5) is 0 Å². The third kappa shape index (κ3) is 5.99. The van der Waals surface area contributed by atoms with Crippen molar-refractivity contribution < 1.29 is 28.5 Å². The van der Waals surface area contributed by atoms with Crippen LogP contribution in [0.15, 0.2) is 30.3 Å². The lowest BCUT2D eigenvalue weighted by Gasteiger charge is -2.40. The van der Waals surface area contributed by atoms with Crippen molar-refractivity contribution in [2.75, 3.05) is 61.7 Å².